The highest BCUT2D eigenvalue weighted by atomic mass is 32.1. The fourth-order valence-electron chi connectivity index (χ4n) is 4.26. The molecule has 1 N–H and O–H groups in total. The maximum absolute atomic E-state index is 11.5. The molecule has 4 heteroatoms. The van der Waals surface area contributed by atoms with E-state index in [0.29, 0.717) is 10.8 Å². The number of carboxylic acid groups (broad SMARTS) is 1. The van der Waals surface area contributed by atoms with E-state index in [1.165, 1.54) is 65.0 Å². The van der Waals surface area contributed by atoms with Crippen LogP contribution in [0.3, 0.4) is 0 Å². The Balaban J connectivity index is 2.00. The molecule has 0 atom stereocenters. The van der Waals surface area contributed by atoms with Gasteiger partial charge in [-0.05, 0) is 42.9 Å². The molecule has 2 aromatic heterocycles. The Kier molecular flexibility index (Phi) is 4.38. The Morgan fingerprint density at radius 2 is 1.92 bits per heavy atom. The van der Waals surface area contributed by atoms with Gasteiger partial charge >= 0.3 is 5.97 Å². The van der Waals surface area contributed by atoms with Crippen LogP contribution in [-0.4, -0.2) is 15.6 Å². The third kappa shape index (κ3) is 2.78. The van der Waals surface area contributed by atoms with Crippen LogP contribution in [0.1, 0.15) is 60.2 Å². The number of benzene rings is 1. The van der Waals surface area contributed by atoms with Crippen LogP contribution in [-0.2, 0) is 6.54 Å². The predicted molar refractivity (Wildman–Crippen MR) is 104 cm³/mol. The first kappa shape index (κ1) is 16.4. The predicted octanol–water partition coefficient (Wildman–Crippen LogP) is 6.14. The number of fused-ring (bicyclic) bond motifs is 1. The number of hydrogen-bond donors (Lipinski definition) is 1. The lowest BCUT2D eigenvalue weighted by Crippen LogP contribution is -2.07. The Morgan fingerprint density at radius 1 is 1.20 bits per heavy atom. The van der Waals surface area contributed by atoms with Crippen LogP contribution in [0, 0.1) is 0 Å². The van der Waals surface area contributed by atoms with Crippen LogP contribution in [0.2, 0.25) is 0 Å². The molecule has 130 valence electrons. The van der Waals surface area contributed by atoms with E-state index < -0.39 is 5.97 Å². The molecule has 25 heavy (non-hydrogen) atoms. The molecule has 0 spiro atoms. The van der Waals surface area contributed by atoms with Gasteiger partial charge in [0, 0.05) is 6.54 Å². The summed E-state index contributed by atoms with van der Waals surface area (Å²) in [5.74, 6) is -0.278. The maximum atomic E-state index is 11.5. The summed E-state index contributed by atoms with van der Waals surface area (Å²) in [6.45, 7) is 3.00. The second-order valence-electron chi connectivity index (χ2n) is 6.84. The first-order chi connectivity index (χ1) is 12.2. The average molecular weight is 353 g/mol. The summed E-state index contributed by atoms with van der Waals surface area (Å²) in [6, 6.07) is 12.4. The van der Waals surface area contributed by atoms with Gasteiger partial charge in [-0.25, -0.2) is 4.79 Å². The number of aryl methyl sites for hydroxylation is 1. The molecule has 3 aromatic rings. The van der Waals surface area contributed by atoms with Gasteiger partial charge in [0.2, 0.25) is 0 Å². The first-order valence-corrected chi connectivity index (χ1v) is 9.97. The van der Waals surface area contributed by atoms with E-state index in [1.54, 1.807) is 0 Å². The van der Waals surface area contributed by atoms with Crippen molar-refractivity contribution in [2.24, 2.45) is 0 Å². The number of thiophene rings is 1. The van der Waals surface area contributed by atoms with Crippen LogP contribution in [0.5, 0.6) is 0 Å². The van der Waals surface area contributed by atoms with Gasteiger partial charge in [0.25, 0.3) is 0 Å². The first-order valence-electron chi connectivity index (χ1n) is 9.15. The lowest BCUT2D eigenvalue weighted by atomic mass is 9.83. The zero-order chi connectivity index (χ0) is 17.4. The van der Waals surface area contributed by atoms with Crippen molar-refractivity contribution in [1.82, 2.24) is 4.57 Å². The molecule has 4 rings (SSSR count). The summed E-state index contributed by atoms with van der Waals surface area (Å²) in [6.07, 6.45) is 6.29. The molecule has 0 aliphatic heterocycles. The van der Waals surface area contributed by atoms with Crippen molar-refractivity contribution in [1.29, 1.82) is 0 Å². The van der Waals surface area contributed by atoms with E-state index in [4.69, 9.17) is 0 Å². The highest BCUT2D eigenvalue weighted by molar-refractivity contribution is 7.21. The quantitative estimate of drug-likeness (QED) is 0.612. The fourth-order valence-corrected chi connectivity index (χ4v) is 5.38. The molecule has 0 amide bonds. The van der Waals surface area contributed by atoms with E-state index in [9.17, 15) is 9.90 Å². The monoisotopic (exact) mass is 353 g/mol. The van der Waals surface area contributed by atoms with Gasteiger partial charge in [0.05, 0.1) is 15.9 Å². The minimum atomic E-state index is -0.820. The lowest BCUT2D eigenvalue weighted by molar-refractivity contribution is 0.0702. The van der Waals surface area contributed by atoms with E-state index in [-0.39, 0.29) is 0 Å². The van der Waals surface area contributed by atoms with Gasteiger partial charge in [0.15, 0.2) is 0 Å². The standard InChI is InChI=1S/C21H23NO2S/c1-2-22-16-13-17(21(23)24)25-20(16)18(14-9-5-3-6-10-14)19(22)15-11-7-4-8-12-15/h4,7-8,11-14H,2-3,5-6,9-10H2,1H3,(H,23,24). The molecular formula is C21H23NO2S. The topological polar surface area (TPSA) is 42.2 Å². The number of nitrogens with zero attached hydrogens (tertiary/aromatic N) is 1. The minimum Gasteiger partial charge on any atom is -0.477 e. The van der Waals surface area contributed by atoms with Gasteiger partial charge in [-0.3, -0.25) is 0 Å². The van der Waals surface area contributed by atoms with Gasteiger partial charge in [-0.15, -0.1) is 11.3 Å². The zero-order valence-electron chi connectivity index (χ0n) is 14.5. The second kappa shape index (κ2) is 6.68. The highest BCUT2D eigenvalue weighted by Gasteiger charge is 2.28. The largest absolute Gasteiger partial charge is 0.477 e. The van der Waals surface area contributed by atoms with E-state index >= 15 is 0 Å². The zero-order valence-corrected chi connectivity index (χ0v) is 15.3. The molecule has 0 saturated heterocycles. The molecular weight excluding hydrogens is 330 g/mol. The SMILES string of the molecule is CCn1c(-c2ccccc2)c(C2CCCCC2)c2sc(C(=O)O)cc21. The van der Waals surface area contributed by atoms with Crippen LogP contribution in [0.4, 0.5) is 0 Å². The summed E-state index contributed by atoms with van der Waals surface area (Å²) in [5.41, 5.74) is 5.02. The molecule has 3 nitrogen and oxygen atoms in total. The summed E-state index contributed by atoms with van der Waals surface area (Å²) < 4.78 is 3.50. The second-order valence-corrected chi connectivity index (χ2v) is 7.89. The molecule has 1 aliphatic rings. The van der Waals surface area contributed by atoms with Gasteiger partial charge in [0.1, 0.15) is 4.88 Å². The summed E-state index contributed by atoms with van der Waals surface area (Å²) in [5, 5.41) is 9.46. The molecule has 0 unspecified atom stereocenters. The maximum Gasteiger partial charge on any atom is 0.345 e. The number of aromatic nitrogens is 1. The molecule has 1 aliphatic carbocycles. The van der Waals surface area contributed by atoms with Crippen molar-refractivity contribution in [3.05, 3.63) is 46.8 Å². The average Bonchev–Trinajstić information content (AvgIpc) is 3.19. The smallest absolute Gasteiger partial charge is 0.345 e. The Bertz CT molecular complexity index is 901. The Labute approximate surface area is 151 Å². The summed E-state index contributed by atoms with van der Waals surface area (Å²) >= 11 is 1.45. The number of rotatable bonds is 4. The Morgan fingerprint density at radius 3 is 2.56 bits per heavy atom. The summed E-state index contributed by atoms with van der Waals surface area (Å²) in [7, 11) is 0. The molecule has 1 saturated carbocycles. The van der Waals surface area contributed by atoms with Crippen molar-refractivity contribution in [2.75, 3.05) is 0 Å². The van der Waals surface area contributed by atoms with Gasteiger partial charge in [-0.2, -0.15) is 0 Å². The third-order valence-corrected chi connectivity index (χ3v) is 6.51. The molecule has 1 aromatic carbocycles. The molecule has 2 heterocycles. The van der Waals surface area contributed by atoms with Crippen molar-refractivity contribution in [3.8, 4) is 11.3 Å². The van der Waals surface area contributed by atoms with E-state index in [0.717, 1.165) is 12.1 Å². The van der Waals surface area contributed by atoms with E-state index in [2.05, 4.69) is 35.8 Å². The number of hydrogen-bond acceptors (Lipinski definition) is 2. The Hall–Kier alpha value is -2.07. The number of carboxylic acids is 1. The van der Waals surface area contributed by atoms with Gasteiger partial charge in [-0.1, -0.05) is 49.6 Å². The fraction of sp³-hybridized carbons (Fsp3) is 0.381. The lowest BCUT2D eigenvalue weighted by Gasteiger charge is -2.23. The van der Waals surface area contributed by atoms with Crippen molar-refractivity contribution < 1.29 is 9.90 Å². The molecule has 0 bridgehead atoms. The van der Waals surface area contributed by atoms with Crippen molar-refractivity contribution in [2.45, 2.75) is 51.5 Å². The highest BCUT2D eigenvalue weighted by Crippen LogP contribution is 2.46. The van der Waals surface area contributed by atoms with E-state index in [1.807, 2.05) is 12.1 Å². The minimum absolute atomic E-state index is 0.448. The van der Waals surface area contributed by atoms with Gasteiger partial charge < -0.3 is 9.67 Å². The third-order valence-electron chi connectivity index (χ3n) is 5.36. The normalized spacial score (nSPS) is 15.7. The van der Waals surface area contributed by atoms with Crippen LogP contribution in [0.15, 0.2) is 36.4 Å². The number of carbonyl (C=O) groups is 1. The molecule has 1 fully saturated rings. The van der Waals surface area contributed by atoms with Crippen molar-refractivity contribution in [3.63, 3.8) is 0 Å². The van der Waals surface area contributed by atoms with Crippen molar-refractivity contribution >= 4 is 27.5 Å². The molecule has 0 radical (unpaired) electrons. The van der Waals surface area contributed by atoms with Crippen LogP contribution >= 0.6 is 11.3 Å². The summed E-state index contributed by atoms with van der Waals surface area (Å²) in [4.78, 5) is 12.0. The number of aromatic carboxylic acids is 1. The van der Waals surface area contributed by atoms with Crippen LogP contribution < -0.4 is 0 Å². The van der Waals surface area contributed by atoms with Crippen LogP contribution in [0.25, 0.3) is 21.5 Å².